The standard InChI is InChI=1S/C16H30N4O/c1-7-9-17-10-14-12(3)19-20(13(14)4)11-15(21)18-16(5,6)8-2/h17H,7-11H2,1-6H3,(H,18,21). The molecule has 0 fully saturated rings. The van der Waals surface area contributed by atoms with Gasteiger partial charge in [0.1, 0.15) is 6.54 Å². The van der Waals surface area contributed by atoms with E-state index in [9.17, 15) is 4.79 Å². The highest BCUT2D eigenvalue weighted by atomic mass is 16.2. The van der Waals surface area contributed by atoms with Gasteiger partial charge in [-0.2, -0.15) is 5.10 Å². The first-order valence-electron chi connectivity index (χ1n) is 7.85. The first kappa shape index (κ1) is 17.7. The summed E-state index contributed by atoms with van der Waals surface area (Å²) in [5.74, 6) is 0.0144. The average molecular weight is 294 g/mol. The van der Waals surface area contributed by atoms with Gasteiger partial charge in [0.2, 0.25) is 5.91 Å². The largest absolute Gasteiger partial charge is 0.350 e. The van der Waals surface area contributed by atoms with E-state index in [-0.39, 0.29) is 18.0 Å². The molecule has 21 heavy (non-hydrogen) atoms. The maximum atomic E-state index is 12.1. The monoisotopic (exact) mass is 294 g/mol. The molecule has 1 heterocycles. The van der Waals surface area contributed by atoms with E-state index in [0.717, 1.165) is 37.3 Å². The van der Waals surface area contributed by atoms with Crippen LogP contribution in [-0.2, 0) is 17.9 Å². The highest BCUT2D eigenvalue weighted by Gasteiger charge is 2.19. The van der Waals surface area contributed by atoms with E-state index in [1.54, 1.807) is 4.68 Å². The summed E-state index contributed by atoms with van der Waals surface area (Å²) in [7, 11) is 0. The minimum atomic E-state index is -0.168. The molecule has 0 aliphatic heterocycles. The number of hydrogen-bond acceptors (Lipinski definition) is 3. The van der Waals surface area contributed by atoms with Crippen LogP contribution in [0.4, 0.5) is 0 Å². The van der Waals surface area contributed by atoms with Gasteiger partial charge in [-0.3, -0.25) is 9.48 Å². The van der Waals surface area contributed by atoms with E-state index in [4.69, 9.17) is 0 Å². The zero-order chi connectivity index (χ0) is 16.0. The molecule has 0 unspecified atom stereocenters. The van der Waals surface area contributed by atoms with Crippen LogP contribution < -0.4 is 10.6 Å². The Bertz CT molecular complexity index is 477. The molecule has 5 heteroatoms. The summed E-state index contributed by atoms with van der Waals surface area (Å²) in [5, 5.41) is 10.9. The van der Waals surface area contributed by atoms with Crippen LogP contribution in [0.1, 0.15) is 57.5 Å². The number of carbonyl (C=O) groups excluding carboxylic acids is 1. The van der Waals surface area contributed by atoms with E-state index in [1.807, 2.05) is 27.7 Å². The summed E-state index contributed by atoms with van der Waals surface area (Å²) in [6.45, 7) is 14.4. The molecule has 0 aromatic carbocycles. The van der Waals surface area contributed by atoms with Gasteiger partial charge in [0.25, 0.3) is 0 Å². The van der Waals surface area contributed by atoms with Crippen molar-refractivity contribution < 1.29 is 4.79 Å². The Balaban J connectivity index is 2.72. The highest BCUT2D eigenvalue weighted by molar-refractivity contribution is 5.76. The van der Waals surface area contributed by atoms with Gasteiger partial charge in [-0.1, -0.05) is 13.8 Å². The lowest BCUT2D eigenvalue weighted by Gasteiger charge is -2.24. The number of aromatic nitrogens is 2. The zero-order valence-electron chi connectivity index (χ0n) is 14.3. The lowest BCUT2D eigenvalue weighted by Crippen LogP contribution is -2.44. The molecule has 5 nitrogen and oxygen atoms in total. The van der Waals surface area contributed by atoms with Crippen LogP contribution in [0.5, 0.6) is 0 Å². The Hall–Kier alpha value is -1.36. The highest BCUT2D eigenvalue weighted by Crippen LogP contribution is 2.13. The van der Waals surface area contributed by atoms with Gasteiger partial charge in [-0.15, -0.1) is 0 Å². The number of amides is 1. The Morgan fingerprint density at radius 3 is 2.52 bits per heavy atom. The maximum Gasteiger partial charge on any atom is 0.242 e. The molecule has 0 atom stereocenters. The van der Waals surface area contributed by atoms with Crippen LogP contribution in [0.25, 0.3) is 0 Å². The lowest BCUT2D eigenvalue weighted by atomic mass is 10.0. The van der Waals surface area contributed by atoms with Crippen molar-refractivity contribution in [2.45, 2.75) is 73.0 Å². The number of nitrogens with one attached hydrogen (secondary N) is 2. The van der Waals surface area contributed by atoms with E-state index < -0.39 is 0 Å². The zero-order valence-corrected chi connectivity index (χ0v) is 14.3. The quantitative estimate of drug-likeness (QED) is 0.723. The summed E-state index contributed by atoms with van der Waals surface area (Å²) in [5.41, 5.74) is 3.10. The van der Waals surface area contributed by atoms with Crippen molar-refractivity contribution >= 4 is 5.91 Å². The van der Waals surface area contributed by atoms with Gasteiger partial charge in [-0.25, -0.2) is 0 Å². The second-order valence-corrected chi connectivity index (χ2v) is 6.27. The van der Waals surface area contributed by atoms with E-state index >= 15 is 0 Å². The van der Waals surface area contributed by atoms with Gasteiger partial charge in [-0.05, 0) is 47.1 Å². The topological polar surface area (TPSA) is 59.0 Å². The summed E-state index contributed by atoms with van der Waals surface area (Å²) in [4.78, 5) is 12.1. The third-order valence-corrected chi connectivity index (χ3v) is 3.91. The fourth-order valence-corrected chi connectivity index (χ4v) is 2.18. The molecular weight excluding hydrogens is 264 g/mol. The number of hydrogen-bond donors (Lipinski definition) is 2. The molecule has 0 saturated heterocycles. The van der Waals surface area contributed by atoms with Crippen LogP contribution in [0.2, 0.25) is 0 Å². The number of nitrogens with zero attached hydrogens (tertiary/aromatic N) is 2. The van der Waals surface area contributed by atoms with Gasteiger partial charge in [0.05, 0.1) is 5.69 Å². The van der Waals surface area contributed by atoms with Crippen molar-refractivity contribution in [3.8, 4) is 0 Å². The predicted molar refractivity (Wildman–Crippen MR) is 86.2 cm³/mol. The van der Waals surface area contributed by atoms with Crippen LogP contribution in [0, 0.1) is 13.8 Å². The van der Waals surface area contributed by atoms with Crippen molar-refractivity contribution in [2.24, 2.45) is 0 Å². The molecule has 0 bridgehead atoms. The molecule has 1 amide bonds. The molecule has 0 radical (unpaired) electrons. The molecule has 0 aliphatic rings. The lowest BCUT2D eigenvalue weighted by molar-refractivity contribution is -0.123. The molecule has 0 spiro atoms. The smallest absolute Gasteiger partial charge is 0.242 e. The van der Waals surface area contributed by atoms with Crippen molar-refractivity contribution in [3.63, 3.8) is 0 Å². The third kappa shape index (κ3) is 5.16. The fourth-order valence-electron chi connectivity index (χ4n) is 2.18. The van der Waals surface area contributed by atoms with Crippen LogP contribution in [0.15, 0.2) is 0 Å². The summed E-state index contributed by atoms with van der Waals surface area (Å²) in [6.07, 6.45) is 2.02. The summed E-state index contributed by atoms with van der Waals surface area (Å²) < 4.78 is 1.80. The van der Waals surface area contributed by atoms with Crippen molar-refractivity contribution in [1.82, 2.24) is 20.4 Å². The van der Waals surface area contributed by atoms with Gasteiger partial charge >= 0.3 is 0 Å². The molecule has 2 N–H and O–H groups in total. The molecular formula is C16H30N4O. The number of rotatable bonds is 8. The Morgan fingerprint density at radius 2 is 1.95 bits per heavy atom. The van der Waals surface area contributed by atoms with E-state index in [1.165, 1.54) is 5.56 Å². The molecule has 1 aromatic rings. The third-order valence-electron chi connectivity index (χ3n) is 3.91. The summed E-state index contributed by atoms with van der Waals surface area (Å²) in [6, 6.07) is 0. The van der Waals surface area contributed by atoms with Crippen LogP contribution in [0.3, 0.4) is 0 Å². The van der Waals surface area contributed by atoms with Crippen LogP contribution >= 0.6 is 0 Å². The molecule has 1 rings (SSSR count). The molecule has 0 aliphatic carbocycles. The second-order valence-electron chi connectivity index (χ2n) is 6.27. The Kier molecular flexibility index (Phi) is 6.40. The minimum Gasteiger partial charge on any atom is -0.350 e. The first-order valence-corrected chi connectivity index (χ1v) is 7.85. The first-order chi connectivity index (χ1) is 9.80. The van der Waals surface area contributed by atoms with Crippen molar-refractivity contribution in [3.05, 3.63) is 17.0 Å². The molecule has 0 saturated carbocycles. The van der Waals surface area contributed by atoms with Crippen LogP contribution in [-0.4, -0.2) is 27.8 Å². The second kappa shape index (κ2) is 7.59. The fraction of sp³-hybridized carbons (Fsp3) is 0.750. The average Bonchev–Trinajstić information content (AvgIpc) is 2.65. The molecule has 120 valence electrons. The van der Waals surface area contributed by atoms with Gasteiger partial charge in [0.15, 0.2) is 0 Å². The minimum absolute atomic E-state index is 0.0144. The van der Waals surface area contributed by atoms with E-state index in [2.05, 4.69) is 29.6 Å². The van der Waals surface area contributed by atoms with Gasteiger partial charge in [0, 0.05) is 23.3 Å². The van der Waals surface area contributed by atoms with Crippen molar-refractivity contribution in [1.29, 1.82) is 0 Å². The number of aryl methyl sites for hydroxylation is 1. The number of carbonyl (C=O) groups is 1. The van der Waals surface area contributed by atoms with E-state index in [0.29, 0.717) is 0 Å². The Labute approximate surface area is 128 Å². The molecule has 1 aromatic heterocycles. The maximum absolute atomic E-state index is 12.1. The Morgan fingerprint density at radius 1 is 1.29 bits per heavy atom. The predicted octanol–water partition coefficient (Wildman–Crippen LogP) is 2.30. The normalized spacial score (nSPS) is 11.7. The van der Waals surface area contributed by atoms with Gasteiger partial charge < -0.3 is 10.6 Å². The SMILES string of the molecule is CCCNCc1c(C)nn(CC(=O)NC(C)(C)CC)c1C. The van der Waals surface area contributed by atoms with Crippen molar-refractivity contribution in [2.75, 3.05) is 6.54 Å². The summed E-state index contributed by atoms with van der Waals surface area (Å²) >= 11 is 0.